The van der Waals surface area contributed by atoms with Crippen LogP contribution in [0.3, 0.4) is 0 Å². The van der Waals surface area contributed by atoms with Crippen molar-refractivity contribution < 1.29 is 14.3 Å². The predicted octanol–water partition coefficient (Wildman–Crippen LogP) is 3.00. The summed E-state index contributed by atoms with van der Waals surface area (Å²) in [5, 5.41) is 12.0. The number of amides is 1. The van der Waals surface area contributed by atoms with Gasteiger partial charge in [0.25, 0.3) is 5.91 Å². The summed E-state index contributed by atoms with van der Waals surface area (Å²) in [6.07, 6.45) is 1.42. The number of benzene rings is 1. The molecule has 1 aromatic heterocycles. The van der Waals surface area contributed by atoms with E-state index in [1.165, 1.54) is 12.3 Å². The Bertz CT molecular complexity index is 508. The molecule has 2 rings (SSSR count). The SMILES string of the molecule is O=C(Nc1ccc(Br)c(O)c1)c1ccco1. The van der Waals surface area contributed by atoms with Crippen LogP contribution in [-0.2, 0) is 0 Å². The Kier molecular flexibility index (Phi) is 2.96. The minimum absolute atomic E-state index is 0.0669. The molecule has 0 saturated carbocycles. The molecule has 0 spiro atoms. The molecule has 0 aliphatic carbocycles. The summed E-state index contributed by atoms with van der Waals surface area (Å²) in [6.45, 7) is 0. The predicted molar refractivity (Wildman–Crippen MR) is 62.5 cm³/mol. The van der Waals surface area contributed by atoms with Gasteiger partial charge in [-0.1, -0.05) is 0 Å². The van der Waals surface area contributed by atoms with Crippen LogP contribution in [0.25, 0.3) is 0 Å². The Labute approximate surface area is 100 Å². The highest BCUT2D eigenvalue weighted by molar-refractivity contribution is 9.10. The third kappa shape index (κ3) is 2.25. The lowest BCUT2D eigenvalue weighted by atomic mass is 10.3. The van der Waals surface area contributed by atoms with Crippen LogP contribution < -0.4 is 5.32 Å². The third-order valence-corrected chi connectivity index (χ3v) is 2.62. The van der Waals surface area contributed by atoms with E-state index in [-0.39, 0.29) is 17.4 Å². The Morgan fingerprint density at radius 2 is 2.19 bits per heavy atom. The van der Waals surface area contributed by atoms with Crippen molar-refractivity contribution in [2.45, 2.75) is 0 Å². The molecule has 0 fully saturated rings. The van der Waals surface area contributed by atoms with Gasteiger partial charge < -0.3 is 14.8 Å². The Balaban J connectivity index is 2.15. The van der Waals surface area contributed by atoms with Gasteiger partial charge in [0, 0.05) is 11.8 Å². The molecule has 0 atom stereocenters. The number of carbonyl (C=O) groups is 1. The summed E-state index contributed by atoms with van der Waals surface area (Å²) in [4.78, 5) is 11.6. The van der Waals surface area contributed by atoms with Crippen LogP contribution in [0.5, 0.6) is 5.75 Å². The average Bonchev–Trinajstić information content (AvgIpc) is 2.77. The first-order chi connectivity index (χ1) is 7.66. The second-order valence-electron chi connectivity index (χ2n) is 3.10. The van der Waals surface area contributed by atoms with Crippen molar-refractivity contribution in [3.8, 4) is 5.75 Å². The molecule has 0 saturated heterocycles. The van der Waals surface area contributed by atoms with Gasteiger partial charge in [0.2, 0.25) is 0 Å². The quantitative estimate of drug-likeness (QED) is 0.890. The molecule has 2 aromatic rings. The number of halogens is 1. The van der Waals surface area contributed by atoms with E-state index < -0.39 is 0 Å². The van der Waals surface area contributed by atoms with E-state index in [1.807, 2.05) is 0 Å². The van der Waals surface area contributed by atoms with Crippen molar-refractivity contribution >= 4 is 27.5 Å². The van der Waals surface area contributed by atoms with E-state index in [0.717, 1.165) is 0 Å². The lowest BCUT2D eigenvalue weighted by Gasteiger charge is -2.04. The molecule has 2 N–H and O–H groups in total. The first kappa shape index (κ1) is 10.8. The molecule has 5 heteroatoms. The number of phenols is 1. The molecule has 16 heavy (non-hydrogen) atoms. The average molecular weight is 282 g/mol. The van der Waals surface area contributed by atoms with E-state index >= 15 is 0 Å². The summed E-state index contributed by atoms with van der Waals surface area (Å²) >= 11 is 3.15. The van der Waals surface area contributed by atoms with Crippen LogP contribution >= 0.6 is 15.9 Å². The van der Waals surface area contributed by atoms with Crippen LogP contribution in [0, 0.1) is 0 Å². The van der Waals surface area contributed by atoms with Crippen LogP contribution in [-0.4, -0.2) is 11.0 Å². The zero-order valence-electron chi connectivity index (χ0n) is 8.11. The monoisotopic (exact) mass is 281 g/mol. The Morgan fingerprint density at radius 3 is 2.81 bits per heavy atom. The maximum atomic E-state index is 11.6. The minimum atomic E-state index is -0.355. The summed E-state index contributed by atoms with van der Waals surface area (Å²) in [5.41, 5.74) is 0.502. The second kappa shape index (κ2) is 4.40. The number of phenolic OH excluding ortho intramolecular Hbond substituents is 1. The molecular formula is C11H8BrNO3. The molecule has 1 amide bonds. The lowest BCUT2D eigenvalue weighted by molar-refractivity contribution is 0.0996. The standard InChI is InChI=1S/C11H8BrNO3/c12-8-4-3-7(6-9(8)14)13-11(15)10-2-1-5-16-10/h1-6,14H,(H,13,15). The smallest absolute Gasteiger partial charge is 0.291 e. The minimum Gasteiger partial charge on any atom is -0.507 e. The first-order valence-corrected chi connectivity index (χ1v) is 5.29. The van der Waals surface area contributed by atoms with Crippen molar-refractivity contribution in [1.29, 1.82) is 0 Å². The fourth-order valence-electron chi connectivity index (χ4n) is 1.19. The van der Waals surface area contributed by atoms with Gasteiger partial charge in [0.1, 0.15) is 5.75 Å². The van der Waals surface area contributed by atoms with Crippen LogP contribution in [0.2, 0.25) is 0 Å². The maximum Gasteiger partial charge on any atom is 0.291 e. The van der Waals surface area contributed by atoms with E-state index in [0.29, 0.717) is 10.2 Å². The van der Waals surface area contributed by atoms with E-state index in [9.17, 15) is 9.90 Å². The fourth-order valence-corrected chi connectivity index (χ4v) is 1.44. The van der Waals surface area contributed by atoms with E-state index in [2.05, 4.69) is 21.2 Å². The van der Waals surface area contributed by atoms with E-state index in [4.69, 9.17) is 4.42 Å². The largest absolute Gasteiger partial charge is 0.507 e. The van der Waals surface area contributed by atoms with Crippen molar-refractivity contribution in [3.05, 3.63) is 46.8 Å². The summed E-state index contributed by atoms with van der Waals surface area (Å²) in [5.74, 6) is -0.0635. The molecule has 1 aromatic carbocycles. The zero-order chi connectivity index (χ0) is 11.5. The topological polar surface area (TPSA) is 62.5 Å². The van der Waals surface area contributed by atoms with Gasteiger partial charge in [-0.15, -0.1) is 0 Å². The number of aromatic hydroxyl groups is 1. The van der Waals surface area contributed by atoms with Crippen LogP contribution in [0.1, 0.15) is 10.6 Å². The molecule has 0 radical (unpaired) electrons. The maximum absolute atomic E-state index is 11.6. The molecular weight excluding hydrogens is 274 g/mol. The number of hydrogen-bond donors (Lipinski definition) is 2. The Morgan fingerprint density at radius 1 is 1.38 bits per heavy atom. The number of nitrogens with one attached hydrogen (secondary N) is 1. The number of rotatable bonds is 2. The van der Waals surface area contributed by atoms with Crippen LogP contribution in [0.15, 0.2) is 45.5 Å². The summed E-state index contributed by atoms with van der Waals surface area (Å²) in [6, 6.07) is 7.96. The molecule has 0 unspecified atom stereocenters. The Hall–Kier alpha value is -1.75. The van der Waals surface area contributed by atoms with Gasteiger partial charge >= 0.3 is 0 Å². The van der Waals surface area contributed by atoms with Gasteiger partial charge in [0.05, 0.1) is 10.7 Å². The van der Waals surface area contributed by atoms with Gasteiger partial charge in [-0.25, -0.2) is 0 Å². The highest BCUT2D eigenvalue weighted by atomic mass is 79.9. The van der Waals surface area contributed by atoms with Crippen molar-refractivity contribution in [2.75, 3.05) is 5.32 Å². The van der Waals surface area contributed by atoms with Crippen molar-refractivity contribution in [3.63, 3.8) is 0 Å². The number of hydrogen-bond acceptors (Lipinski definition) is 3. The highest BCUT2D eigenvalue weighted by Gasteiger charge is 2.09. The first-order valence-electron chi connectivity index (χ1n) is 4.50. The molecule has 4 nitrogen and oxygen atoms in total. The number of carbonyl (C=O) groups excluding carboxylic acids is 1. The molecule has 0 aliphatic heterocycles. The van der Waals surface area contributed by atoms with Gasteiger partial charge in [0.15, 0.2) is 5.76 Å². The summed E-state index contributed by atoms with van der Waals surface area (Å²) in [7, 11) is 0. The highest BCUT2D eigenvalue weighted by Crippen LogP contribution is 2.26. The number of anilines is 1. The third-order valence-electron chi connectivity index (χ3n) is 1.95. The fraction of sp³-hybridized carbons (Fsp3) is 0. The van der Waals surface area contributed by atoms with Gasteiger partial charge in [-0.2, -0.15) is 0 Å². The molecule has 0 aliphatic rings. The van der Waals surface area contributed by atoms with Crippen molar-refractivity contribution in [1.82, 2.24) is 0 Å². The zero-order valence-corrected chi connectivity index (χ0v) is 9.69. The van der Waals surface area contributed by atoms with Crippen molar-refractivity contribution in [2.24, 2.45) is 0 Å². The molecule has 0 bridgehead atoms. The van der Waals surface area contributed by atoms with E-state index in [1.54, 1.807) is 24.3 Å². The lowest BCUT2D eigenvalue weighted by Crippen LogP contribution is -2.10. The second-order valence-corrected chi connectivity index (χ2v) is 3.95. The molecule has 1 heterocycles. The number of furan rings is 1. The van der Waals surface area contributed by atoms with Gasteiger partial charge in [-0.05, 0) is 40.2 Å². The normalized spacial score (nSPS) is 10.1. The molecule has 82 valence electrons. The van der Waals surface area contributed by atoms with Gasteiger partial charge in [-0.3, -0.25) is 4.79 Å². The van der Waals surface area contributed by atoms with Crippen LogP contribution in [0.4, 0.5) is 5.69 Å². The summed E-state index contributed by atoms with van der Waals surface area (Å²) < 4.78 is 5.51.